The maximum Gasteiger partial charge on any atom is 0.0638 e. The Bertz CT molecular complexity index is 320. The smallest absolute Gasteiger partial charge is 0.0638 e. The van der Waals surface area contributed by atoms with E-state index in [9.17, 15) is 0 Å². The summed E-state index contributed by atoms with van der Waals surface area (Å²) >= 11 is 11.7. The van der Waals surface area contributed by atoms with Gasteiger partial charge in [0.2, 0.25) is 0 Å². The fourth-order valence-electron chi connectivity index (χ4n) is 1.19. The molecule has 0 fully saturated rings. The Labute approximate surface area is 98.6 Å². The van der Waals surface area contributed by atoms with Crippen molar-refractivity contribution in [2.45, 2.75) is 12.5 Å². The first-order valence-electron chi connectivity index (χ1n) is 4.60. The molecule has 3 N–H and O–H groups in total. The first-order chi connectivity index (χ1) is 7.17. The van der Waals surface area contributed by atoms with Gasteiger partial charge < -0.3 is 15.5 Å². The third-order valence-corrected chi connectivity index (χ3v) is 2.55. The minimum Gasteiger partial charge on any atom is -0.396 e. The Balaban J connectivity index is 2.73. The van der Waals surface area contributed by atoms with Crippen molar-refractivity contribution >= 4 is 28.9 Å². The number of hydrogen-bond acceptors (Lipinski definition) is 3. The number of rotatable bonds is 5. The zero-order chi connectivity index (χ0) is 11.3. The average molecular weight is 250 g/mol. The highest BCUT2D eigenvalue weighted by atomic mass is 35.5. The summed E-state index contributed by atoms with van der Waals surface area (Å²) in [6.07, 6.45) is 0.458. The van der Waals surface area contributed by atoms with Crippen molar-refractivity contribution in [3.05, 3.63) is 28.2 Å². The van der Waals surface area contributed by atoms with Gasteiger partial charge >= 0.3 is 0 Å². The number of nitrogens with one attached hydrogen (secondary N) is 1. The average Bonchev–Trinajstić information content (AvgIpc) is 2.22. The van der Waals surface area contributed by atoms with E-state index in [1.807, 2.05) is 0 Å². The molecule has 0 radical (unpaired) electrons. The number of halogens is 2. The van der Waals surface area contributed by atoms with Crippen LogP contribution in [0.3, 0.4) is 0 Å². The number of hydrogen-bond donors (Lipinski definition) is 3. The zero-order valence-corrected chi connectivity index (χ0v) is 9.59. The predicted octanol–water partition coefficient (Wildman–Crippen LogP) is 2.15. The standard InChI is InChI=1S/C10H13Cl2NO2/c11-7-1-2-9(12)10(5-7)13-8(6-15)3-4-14/h1-2,5,8,13-15H,3-4,6H2. The van der Waals surface area contributed by atoms with E-state index in [2.05, 4.69) is 5.32 Å². The molecular weight excluding hydrogens is 237 g/mol. The first kappa shape index (κ1) is 12.6. The van der Waals surface area contributed by atoms with Crippen LogP contribution in [0, 0.1) is 0 Å². The zero-order valence-electron chi connectivity index (χ0n) is 8.08. The normalized spacial score (nSPS) is 12.5. The second-order valence-electron chi connectivity index (χ2n) is 3.16. The molecule has 0 aliphatic rings. The molecule has 3 nitrogen and oxygen atoms in total. The molecule has 1 aromatic rings. The van der Waals surface area contributed by atoms with Crippen LogP contribution in [-0.4, -0.2) is 29.5 Å². The lowest BCUT2D eigenvalue weighted by Crippen LogP contribution is -2.25. The van der Waals surface area contributed by atoms with Gasteiger partial charge in [-0.3, -0.25) is 0 Å². The van der Waals surface area contributed by atoms with Gasteiger partial charge in [-0.05, 0) is 24.6 Å². The Morgan fingerprint density at radius 2 is 2.00 bits per heavy atom. The highest BCUT2D eigenvalue weighted by molar-refractivity contribution is 6.35. The van der Waals surface area contributed by atoms with Gasteiger partial charge in [-0.2, -0.15) is 0 Å². The van der Waals surface area contributed by atoms with Crippen LogP contribution in [0.4, 0.5) is 5.69 Å². The predicted molar refractivity (Wildman–Crippen MR) is 62.7 cm³/mol. The molecule has 0 aliphatic heterocycles. The van der Waals surface area contributed by atoms with E-state index < -0.39 is 0 Å². The molecule has 5 heteroatoms. The third kappa shape index (κ3) is 3.87. The van der Waals surface area contributed by atoms with Crippen molar-refractivity contribution < 1.29 is 10.2 Å². The van der Waals surface area contributed by atoms with Crippen LogP contribution in [0.25, 0.3) is 0 Å². The van der Waals surface area contributed by atoms with Crippen LogP contribution < -0.4 is 5.32 Å². The van der Waals surface area contributed by atoms with Crippen LogP contribution in [0.2, 0.25) is 10.0 Å². The highest BCUT2D eigenvalue weighted by Crippen LogP contribution is 2.26. The second-order valence-corrected chi connectivity index (χ2v) is 4.00. The summed E-state index contributed by atoms with van der Waals surface area (Å²) in [5.41, 5.74) is 0.664. The molecule has 0 bridgehead atoms. The van der Waals surface area contributed by atoms with Gasteiger partial charge in [0.15, 0.2) is 0 Å². The van der Waals surface area contributed by atoms with E-state index in [0.717, 1.165) is 0 Å². The fourth-order valence-corrected chi connectivity index (χ4v) is 1.54. The van der Waals surface area contributed by atoms with Crippen molar-refractivity contribution in [1.82, 2.24) is 0 Å². The van der Waals surface area contributed by atoms with E-state index in [4.69, 9.17) is 33.4 Å². The molecule has 0 saturated carbocycles. The Morgan fingerprint density at radius 1 is 1.27 bits per heavy atom. The molecule has 0 aliphatic carbocycles. The van der Waals surface area contributed by atoms with E-state index in [-0.39, 0.29) is 19.3 Å². The first-order valence-corrected chi connectivity index (χ1v) is 5.36. The van der Waals surface area contributed by atoms with Crippen molar-refractivity contribution in [1.29, 1.82) is 0 Å². The topological polar surface area (TPSA) is 52.5 Å². The van der Waals surface area contributed by atoms with Gasteiger partial charge in [0, 0.05) is 11.6 Å². The van der Waals surface area contributed by atoms with E-state index >= 15 is 0 Å². The van der Waals surface area contributed by atoms with Crippen LogP contribution in [0.15, 0.2) is 18.2 Å². The van der Waals surface area contributed by atoms with Crippen molar-refractivity contribution in [2.75, 3.05) is 18.5 Å². The molecule has 1 aromatic carbocycles. The van der Waals surface area contributed by atoms with Gasteiger partial charge in [0.1, 0.15) is 0 Å². The largest absolute Gasteiger partial charge is 0.396 e. The maximum atomic E-state index is 9.03. The molecule has 1 rings (SSSR count). The van der Waals surface area contributed by atoms with Crippen LogP contribution in [0.5, 0.6) is 0 Å². The molecule has 0 heterocycles. The van der Waals surface area contributed by atoms with Crippen LogP contribution in [0.1, 0.15) is 6.42 Å². The molecule has 0 saturated heterocycles. The molecule has 0 spiro atoms. The van der Waals surface area contributed by atoms with Crippen molar-refractivity contribution in [2.24, 2.45) is 0 Å². The molecule has 15 heavy (non-hydrogen) atoms. The third-order valence-electron chi connectivity index (χ3n) is 1.99. The summed E-state index contributed by atoms with van der Waals surface area (Å²) in [6.45, 7) is -0.0557. The number of anilines is 1. The molecule has 0 aromatic heterocycles. The second kappa shape index (κ2) is 6.18. The summed E-state index contributed by atoms with van der Waals surface area (Å²) in [6, 6.07) is 4.84. The minimum absolute atomic E-state index is 0.0103. The molecule has 1 atom stereocenters. The summed E-state index contributed by atoms with van der Waals surface area (Å²) in [5.74, 6) is 0. The Morgan fingerprint density at radius 3 is 2.60 bits per heavy atom. The Hall–Kier alpha value is -0.480. The van der Waals surface area contributed by atoms with E-state index in [1.54, 1.807) is 18.2 Å². The summed E-state index contributed by atoms with van der Waals surface area (Å²) in [4.78, 5) is 0. The molecule has 0 amide bonds. The lowest BCUT2D eigenvalue weighted by Gasteiger charge is -2.17. The molecule has 1 unspecified atom stereocenters. The SMILES string of the molecule is OCCC(CO)Nc1cc(Cl)ccc1Cl. The van der Waals surface area contributed by atoms with Gasteiger partial charge in [0.05, 0.1) is 23.4 Å². The summed E-state index contributed by atoms with van der Waals surface area (Å²) < 4.78 is 0. The summed E-state index contributed by atoms with van der Waals surface area (Å²) in [5, 5.41) is 21.9. The molecular formula is C10H13Cl2NO2. The number of aliphatic hydroxyl groups is 2. The quantitative estimate of drug-likeness (QED) is 0.750. The monoisotopic (exact) mass is 249 g/mol. The number of aliphatic hydroxyl groups excluding tert-OH is 2. The lowest BCUT2D eigenvalue weighted by atomic mass is 10.2. The highest BCUT2D eigenvalue weighted by Gasteiger charge is 2.08. The van der Waals surface area contributed by atoms with Gasteiger partial charge in [-0.15, -0.1) is 0 Å². The lowest BCUT2D eigenvalue weighted by molar-refractivity contribution is 0.229. The van der Waals surface area contributed by atoms with Gasteiger partial charge in [-0.25, -0.2) is 0 Å². The van der Waals surface area contributed by atoms with E-state index in [1.165, 1.54) is 0 Å². The maximum absolute atomic E-state index is 9.03. The van der Waals surface area contributed by atoms with Crippen molar-refractivity contribution in [3.8, 4) is 0 Å². The van der Waals surface area contributed by atoms with Gasteiger partial charge in [-0.1, -0.05) is 23.2 Å². The summed E-state index contributed by atoms with van der Waals surface area (Å²) in [7, 11) is 0. The van der Waals surface area contributed by atoms with Crippen LogP contribution >= 0.6 is 23.2 Å². The minimum atomic E-state index is -0.217. The van der Waals surface area contributed by atoms with Crippen LogP contribution in [-0.2, 0) is 0 Å². The van der Waals surface area contributed by atoms with Crippen molar-refractivity contribution in [3.63, 3.8) is 0 Å². The molecule has 84 valence electrons. The van der Waals surface area contributed by atoms with Gasteiger partial charge in [0.25, 0.3) is 0 Å². The number of benzene rings is 1. The Kier molecular flexibility index (Phi) is 5.19. The van der Waals surface area contributed by atoms with E-state index in [0.29, 0.717) is 22.2 Å². The fraction of sp³-hybridized carbons (Fsp3) is 0.400.